The Bertz CT molecular complexity index is 1040. The van der Waals surface area contributed by atoms with Gasteiger partial charge in [-0.1, -0.05) is 70.0 Å². The summed E-state index contributed by atoms with van der Waals surface area (Å²) in [4.78, 5) is 27.7. The number of amides is 2. The largest absolute Gasteiger partial charge is 0.484 e. The molecule has 0 bridgehead atoms. The molecule has 1 atom stereocenters. The maximum absolute atomic E-state index is 13.3. The highest BCUT2D eigenvalue weighted by molar-refractivity contribution is 9.10. The van der Waals surface area contributed by atoms with Crippen molar-refractivity contribution in [1.82, 2.24) is 10.2 Å². The predicted molar refractivity (Wildman–Crippen MR) is 130 cm³/mol. The lowest BCUT2D eigenvalue weighted by Crippen LogP contribution is -2.51. The molecule has 7 heteroatoms. The highest BCUT2D eigenvalue weighted by Crippen LogP contribution is 2.19. The summed E-state index contributed by atoms with van der Waals surface area (Å²) in [5.41, 5.74) is 1.87. The van der Waals surface area contributed by atoms with Crippen LogP contribution in [-0.4, -0.2) is 36.4 Å². The van der Waals surface area contributed by atoms with Crippen LogP contribution in [0.3, 0.4) is 0 Å². The maximum atomic E-state index is 13.3. The number of hydrogen-bond donors (Lipinski definition) is 1. The minimum atomic E-state index is -0.692. The fraction of sp³-hybridized carbons (Fsp3) is 0.200. The number of likely N-dealkylation sites (N-methyl/N-ethyl adjacent to an activating group) is 1. The van der Waals surface area contributed by atoms with Crippen molar-refractivity contribution in [2.75, 3.05) is 13.7 Å². The average Bonchev–Trinajstić information content (AvgIpc) is 2.81. The van der Waals surface area contributed by atoms with E-state index in [4.69, 9.17) is 16.3 Å². The number of hydrogen-bond acceptors (Lipinski definition) is 3. The van der Waals surface area contributed by atoms with Gasteiger partial charge in [0.1, 0.15) is 11.8 Å². The smallest absolute Gasteiger partial charge is 0.261 e. The molecular formula is C25H24BrClN2O3. The lowest BCUT2D eigenvalue weighted by Gasteiger charge is -2.31. The van der Waals surface area contributed by atoms with Gasteiger partial charge in [-0.05, 0) is 47.5 Å². The summed E-state index contributed by atoms with van der Waals surface area (Å²) >= 11 is 9.39. The van der Waals surface area contributed by atoms with Crippen LogP contribution < -0.4 is 10.1 Å². The molecule has 1 N–H and O–H groups in total. The van der Waals surface area contributed by atoms with Crippen LogP contribution in [0, 0.1) is 0 Å². The zero-order chi connectivity index (χ0) is 22.9. The van der Waals surface area contributed by atoms with Crippen LogP contribution in [0.25, 0.3) is 0 Å². The van der Waals surface area contributed by atoms with Gasteiger partial charge in [-0.2, -0.15) is 0 Å². The molecule has 0 aliphatic rings. The standard InChI is InChI=1S/C25H24BrClN2O3/c1-28-25(31)23(15-18-6-3-2-4-7-18)29(16-19-8-5-9-20(26)14-19)24(30)17-32-22-12-10-21(27)11-13-22/h2-14,23H,15-17H2,1H3,(H,28,31)/t23-/m1/s1. The summed E-state index contributed by atoms with van der Waals surface area (Å²) in [6.45, 7) is 0.0745. The fourth-order valence-electron chi connectivity index (χ4n) is 3.31. The first kappa shape index (κ1) is 23.8. The van der Waals surface area contributed by atoms with Crippen LogP contribution in [-0.2, 0) is 22.6 Å². The number of halogens is 2. The van der Waals surface area contributed by atoms with Crippen LogP contribution >= 0.6 is 27.5 Å². The third kappa shape index (κ3) is 6.84. The molecule has 0 unspecified atom stereocenters. The van der Waals surface area contributed by atoms with Crippen molar-refractivity contribution in [3.8, 4) is 5.75 Å². The molecule has 0 spiro atoms. The summed E-state index contributed by atoms with van der Waals surface area (Å²) in [6.07, 6.45) is 0.390. The Morgan fingerprint density at radius 2 is 1.69 bits per heavy atom. The molecule has 32 heavy (non-hydrogen) atoms. The molecule has 0 fully saturated rings. The molecular weight excluding hydrogens is 492 g/mol. The van der Waals surface area contributed by atoms with Crippen molar-refractivity contribution >= 4 is 39.3 Å². The molecule has 3 aromatic carbocycles. The van der Waals surface area contributed by atoms with Gasteiger partial charge in [0.05, 0.1) is 0 Å². The molecule has 3 aromatic rings. The van der Waals surface area contributed by atoms with E-state index in [1.54, 1.807) is 36.2 Å². The molecule has 0 aliphatic heterocycles. The Morgan fingerprint density at radius 3 is 2.34 bits per heavy atom. The zero-order valence-electron chi connectivity index (χ0n) is 17.6. The summed E-state index contributed by atoms with van der Waals surface area (Å²) < 4.78 is 6.59. The van der Waals surface area contributed by atoms with E-state index in [2.05, 4.69) is 21.2 Å². The molecule has 0 radical (unpaired) electrons. The van der Waals surface area contributed by atoms with Crippen LogP contribution in [0.4, 0.5) is 0 Å². The van der Waals surface area contributed by atoms with Crippen LogP contribution in [0.15, 0.2) is 83.3 Å². The Labute approximate surface area is 201 Å². The van der Waals surface area contributed by atoms with Gasteiger partial charge in [-0.25, -0.2) is 0 Å². The Morgan fingerprint density at radius 1 is 1.00 bits per heavy atom. The van der Waals surface area contributed by atoms with E-state index < -0.39 is 6.04 Å². The van der Waals surface area contributed by atoms with Gasteiger partial charge in [-0.3, -0.25) is 9.59 Å². The lowest BCUT2D eigenvalue weighted by molar-refractivity contribution is -0.142. The normalized spacial score (nSPS) is 11.5. The highest BCUT2D eigenvalue weighted by atomic mass is 79.9. The van der Waals surface area contributed by atoms with Crippen molar-refractivity contribution in [1.29, 1.82) is 0 Å². The summed E-state index contributed by atoms with van der Waals surface area (Å²) in [6, 6.07) is 23.4. The first-order valence-corrected chi connectivity index (χ1v) is 11.3. The number of nitrogens with one attached hydrogen (secondary N) is 1. The van der Waals surface area contributed by atoms with E-state index in [9.17, 15) is 9.59 Å². The maximum Gasteiger partial charge on any atom is 0.261 e. The summed E-state index contributed by atoms with van der Waals surface area (Å²) in [5.74, 6) is 0.0119. The zero-order valence-corrected chi connectivity index (χ0v) is 20.0. The Balaban J connectivity index is 1.86. The van der Waals surface area contributed by atoms with E-state index in [1.165, 1.54) is 0 Å². The number of ether oxygens (including phenoxy) is 1. The van der Waals surface area contributed by atoms with E-state index >= 15 is 0 Å². The van der Waals surface area contributed by atoms with Crippen molar-refractivity contribution in [2.45, 2.75) is 19.0 Å². The summed E-state index contributed by atoms with van der Waals surface area (Å²) in [7, 11) is 1.58. The second kappa shape index (κ2) is 11.7. The Hall–Kier alpha value is -2.83. The predicted octanol–water partition coefficient (Wildman–Crippen LogP) is 4.87. The van der Waals surface area contributed by atoms with Gasteiger partial charge < -0.3 is 15.0 Å². The number of rotatable bonds is 9. The molecule has 0 aromatic heterocycles. The second-order valence-corrected chi connectivity index (χ2v) is 8.57. The first-order chi connectivity index (χ1) is 15.5. The fourth-order valence-corrected chi connectivity index (χ4v) is 3.88. The third-order valence-corrected chi connectivity index (χ3v) is 5.68. The second-order valence-electron chi connectivity index (χ2n) is 7.21. The molecule has 3 rings (SSSR count). The molecule has 2 amide bonds. The molecule has 0 heterocycles. The van der Waals surface area contributed by atoms with Crippen molar-refractivity contribution in [2.24, 2.45) is 0 Å². The number of carbonyl (C=O) groups excluding carboxylic acids is 2. The van der Waals surface area contributed by atoms with Crippen molar-refractivity contribution < 1.29 is 14.3 Å². The van der Waals surface area contributed by atoms with Gasteiger partial charge in [0, 0.05) is 29.5 Å². The minimum Gasteiger partial charge on any atom is -0.484 e. The molecule has 5 nitrogen and oxygen atoms in total. The molecule has 0 saturated heterocycles. The quantitative estimate of drug-likeness (QED) is 0.442. The van der Waals surface area contributed by atoms with Crippen molar-refractivity contribution in [3.63, 3.8) is 0 Å². The van der Waals surface area contributed by atoms with Crippen LogP contribution in [0.2, 0.25) is 5.02 Å². The molecule has 0 saturated carbocycles. The van der Waals surface area contributed by atoms with Crippen molar-refractivity contribution in [3.05, 3.63) is 99.5 Å². The first-order valence-electron chi connectivity index (χ1n) is 10.1. The monoisotopic (exact) mass is 514 g/mol. The van der Waals surface area contributed by atoms with Crippen LogP contribution in [0.5, 0.6) is 5.75 Å². The summed E-state index contributed by atoms with van der Waals surface area (Å²) in [5, 5.41) is 3.29. The van der Waals surface area contributed by atoms with Gasteiger partial charge >= 0.3 is 0 Å². The Kier molecular flexibility index (Phi) is 8.71. The number of carbonyl (C=O) groups is 2. The van der Waals surface area contributed by atoms with E-state index in [0.29, 0.717) is 17.2 Å². The lowest BCUT2D eigenvalue weighted by atomic mass is 10.0. The van der Waals surface area contributed by atoms with Gasteiger partial charge in [0.2, 0.25) is 5.91 Å². The molecule has 166 valence electrons. The number of nitrogens with zero attached hydrogens (tertiary/aromatic N) is 1. The highest BCUT2D eigenvalue weighted by Gasteiger charge is 2.30. The minimum absolute atomic E-state index is 0.197. The van der Waals surface area contributed by atoms with Gasteiger partial charge in [-0.15, -0.1) is 0 Å². The average molecular weight is 516 g/mol. The third-order valence-electron chi connectivity index (χ3n) is 4.94. The van der Waals surface area contributed by atoms with Gasteiger partial charge in [0.25, 0.3) is 5.91 Å². The van der Waals surface area contributed by atoms with E-state index in [-0.39, 0.29) is 25.0 Å². The topological polar surface area (TPSA) is 58.6 Å². The van der Waals surface area contributed by atoms with Gasteiger partial charge in [0.15, 0.2) is 6.61 Å². The molecule has 0 aliphatic carbocycles. The van der Waals surface area contributed by atoms with Crippen LogP contribution in [0.1, 0.15) is 11.1 Å². The van der Waals surface area contributed by atoms with E-state index in [1.807, 2.05) is 54.6 Å². The van der Waals surface area contributed by atoms with E-state index in [0.717, 1.165) is 15.6 Å². The number of benzene rings is 3. The SMILES string of the molecule is CNC(=O)[C@@H](Cc1ccccc1)N(Cc1cccc(Br)c1)C(=O)COc1ccc(Cl)cc1.